The largest absolute Gasteiger partial charge is 0.492 e. The quantitative estimate of drug-likeness (QED) is 0.311. The minimum absolute atomic E-state index is 0.00853. The van der Waals surface area contributed by atoms with E-state index < -0.39 is 4.92 Å². The molecule has 0 spiro atoms. The van der Waals surface area contributed by atoms with Crippen LogP contribution in [0.4, 0.5) is 10.8 Å². The number of rotatable bonds is 11. The Hall–Kier alpha value is -3.04. The second-order valence-corrected chi connectivity index (χ2v) is 8.21. The van der Waals surface area contributed by atoms with Crippen molar-refractivity contribution in [3.05, 3.63) is 58.1 Å². The van der Waals surface area contributed by atoms with Gasteiger partial charge >= 0.3 is 0 Å². The molecule has 0 unspecified atom stereocenters. The summed E-state index contributed by atoms with van der Waals surface area (Å²) in [6.45, 7) is 9.69. The lowest BCUT2D eigenvalue weighted by molar-refractivity contribution is -0.384. The van der Waals surface area contributed by atoms with Crippen molar-refractivity contribution in [2.45, 2.75) is 27.2 Å². The maximum absolute atomic E-state index is 13.3. The van der Waals surface area contributed by atoms with Crippen molar-refractivity contribution in [2.24, 2.45) is 0 Å². The third-order valence-electron chi connectivity index (χ3n) is 5.24. The summed E-state index contributed by atoms with van der Waals surface area (Å²) < 4.78 is 6.67. The SMILES string of the molecule is CCOc1cccc2sc(N(CCN(CC)CC)C(=O)Cc3ccc([N+](=O)[O-])cc3)nc12. The molecule has 0 saturated carbocycles. The molecular weight excluding hydrogens is 428 g/mol. The van der Waals surface area contributed by atoms with Crippen molar-refractivity contribution in [3.63, 3.8) is 0 Å². The third kappa shape index (κ3) is 5.60. The topological polar surface area (TPSA) is 88.8 Å². The number of para-hydroxylation sites is 1. The van der Waals surface area contributed by atoms with Crippen LogP contribution >= 0.6 is 11.3 Å². The lowest BCUT2D eigenvalue weighted by atomic mass is 10.1. The highest BCUT2D eigenvalue weighted by Crippen LogP contribution is 2.34. The predicted molar refractivity (Wildman–Crippen MR) is 128 cm³/mol. The van der Waals surface area contributed by atoms with E-state index in [0.29, 0.717) is 24.0 Å². The second kappa shape index (κ2) is 11.0. The van der Waals surface area contributed by atoms with Gasteiger partial charge in [-0.1, -0.05) is 43.4 Å². The van der Waals surface area contributed by atoms with Crippen LogP contribution in [-0.2, 0) is 11.2 Å². The number of benzene rings is 2. The van der Waals surface area contributed by atoms with Gasteiger partial charge in [0, 0.05) is 25.2 Å². The van der Waals surface area contributed by atoms with Crippen molar-refractivity contribution in [2.75, 3.05) is 37.7 Å². The summed E-state index contributed by atoms with van der Waals surface area (Å²) in [5, 5.41) is 11.5. The van der Waals surface area contributed by atoms with Gasteiger partial charge in [-0.3, -0.25) is 19.8 Å². The van der Waals surface area contributed by atoms with Gasteiger partial charge in [-0.05, 0) is 37.7 Å². The Balaban J connectivity index is 1.89. The zero-order valence-electron chi connectivity index (χ0n) is 18.6. The number of aromatic nitrogens is 1. The zero-order valence-corrected chi connectivity index (χ0v) is 19.4. The van der Waals surface area contributed by atoms with E-state index >= 15 is 0 Å². The van der Waals surface area contributed by atoms with Crippen LogP contribution in [0.25, 0.3) is 10.2 Å². The van der Waals surface area contributed by atoms with Gasteiger partial charge in [-0.25, -0.2) is 4.98 Å². The van der Waals surface area contributed by atoms with Gasteiger partial charge in [0.15, 0.2) is 5.13 Å². The first-order chi connectivity index (χ1) is 15.5. The summed E-state index contributed by atoms with van der Waals surface area (Å²) in [5.74, 6) is 0.613. The van der Waals surface area contributed by atoms with Crippen LogP contribution in [0.3, 0.4) is 0 Å². The molecule has 32 heavy (non-hydrogen) atoms. The van der Waals surface area contributed by atoms with Gasteiger partial charge in [0.2, 0.25) is 5.91 Å². The molecular formula is C23H28N4O4S. The van der Waals surface area contributed by atoms with Crippen molar-refractivity contribution >= 4 is 38.3 Å². The van der Waals surface area contributed by atoms with Crippen molar-refractivity contribution in [3.8, 4) is 5.75 Å². The summed E-state index contributed by atoms with van der Waals surface area (Å²) in [6.07, 6.45) is 0.143. The number of nitrogens with zero attached hydrogens (tertiary/aromatic N) is 4. The highest BCUT2D eigenvalue weighted by molar-refractivity contribution is 7.22. The number of likely N-dealkylation sites (N-methyl/N-ethyl adjacent to an activating group) is 1. The molecule has 0 aliphatic heterocycles. The molecule has 2 aromatic carbocycles. The summed E-state index contributed by atoms with van der Waals surface area (Å²) in [7, 11) is 0. The third-order valence-corrected chi connectivity index (χ3v) is 6.28. The van der Waals surface area contributed by atoms with E-state index in [1.165, 1.54) is 23.5 Å². The Morgan fingerprint density at radius 2 is 1.81 bits per heavy atom. The Bertz CT molecular complexity index is 1060. The minimum atomic E-state index is -0.445. The molecule has 3 aromatic rings. The van der Waals surface area contributed by atoms with E-state index in [4.69, 9.17) is 9.72 Å². The van der Waals surface area contributed by atoms with Gasteiger partial charge in [-0.2, -0.15) is 0 Å². The number of ether oxygens (including phenoxy) is 1. The second-order valence-electron chi connectivity index (χ2n) is 7.20. The molecule has 1 aromatic heterocycles. The molecule has 0 N–H and O–H groups in total. The van der Waals surface area contributed by atoms with Crippen molar-refractivity contribution in [1.82, 2.24) is 9.88 Å². The number of thiazole rings is 1. The summed E-state index contributed by atoms with van der Waals surface area (Å²) >= 11 is 1.46. The molecule has 8 nitrogen and oxygen atoms in total. The molecule has 0 atom stereocenters. The van der Waals surface area contributed by atoms with E-state index in [-0.39, 0.29) is 18.0 Å². The highest BCUT2D eigenvalue weighted by atomic mass is 32.1. The van der Waals surface area contributed by atoms with Crippen LogP contribution < -0.4 is 9.64 Å². The first kappa shape index (κ1) is 23.6. The molecule has 1 amide bonds. The molecule has 9 heteroatoms. The van der Waals surface area contributed by atoms with Crippen LogP contribution in [0.5, 0.6) is 5.75 Å². The molecule has 170 valence electrons. The smallest absolute Gasteiger partial charge is 0.269 e. The van der Waals surface area contributed by atoms with Gasteiger partial charge in [0.1, 0.15) is 11.3 Å². The fourth-order valence-electron chi connectivity index (χ4n) is 3.41. The molecule has 0 saturated heterocycles. The number of amides is 1. The van der Waals surface area contributed by atoms with Crippen molar-refractivity contribution < 1.29 is 14.5 Å². The average Bonchev–Trinajstić information content (AvgIpc) is 3.22. The number of hydrogen-bond acceptors (Lipinski definition) is 7. The highest BCUT2D eigenvalue weighted by Gasteiger charge is 2.22. The molecule has 3 rings (SSSR count). The molecule has 0 fully saturated rings. The fourth-order valence-corrected chi connectivity index (χ4v) is 4.44. The van der Waals surface area contributed by atoms with Crippen molar-refractivity contribution in [1.29, 1.82) is 0 Å². The van der Waals surface area contributed by atoms with Gasteiger partial charge < -0.3 is 9.64 Å². The zero-order chi connectivity index (χ0) is 23.1. The normalized spacial score (nSPS) is 11.1. The lowest BCUT2D eigenvalue weighted by Gasteiger charge is -2.24. The molecule has 0 radical (unpaired) electrons. The number of nitro groups is 1. The number of hydrogen-bond donors (Lipinski definition) is 0. The van der Waals surface area contributed by atoms with Gasteiger partial charge in [-0.15, -0.1) is 0 Å². The van der Waals surface area contributed by atoms with Crippen LogP contribution in [0.1, 0.15) is 26.3 Å². The maximum Gasteiger partial charge on any atom is 0.269 e. The van der Waals surface area contributed by atoms with E-state index in [1.807, 2.05) is 25.1 Å². The molecule has 0 aliphatic rings. The Morgan fingerprint density at radius 1 is 1.09 bits per heavy atom. The van der Waals surface area contributed by atoms with E-state index in [2.05, 4.69) is 18.7 Å². The minimum Gasteiger partial charge on any atom is -0.492 e. The number of carbonyl (C=O) groups excluding carboxylic acids is 1. The lowest BCUT2D eigenvalue weighted by Crippen LogP contribution is -2.39. The molecule has 0 aliphatic carbocycles. The number of carbonyl (C=O) groups is 1. The number of anilines is 1. The fraction of sp³-hybridized carbons (Fsp3) is 0.391. The first-order valence-electron chi connectivity index (χ1n) is 10.7. The van der Waals surface area contributed by atoms with Crippen LogP contribution in [0, 0.1) is 10.1 Å². The van der Waals surface area contributed by atoms with Crippen LogP contribution in [0.2, 0.25) is 0 Å². The van der Waals surface area contributed by atoms with E-state index in [9.17, 15) is 14.9 Å². The summed E-state index contributed by atoms with van der Waals surface area (Å²) in [4.78, 5) is 32.5. The number of nitro benzene ring substituents is 1. The van der Waals surface area contributed by atoms with Crippen LogP contribution in [0.15, 0.2) is 42.5 Å². The van der Waals surface area contributed by atoms with E-state index in [1.54, 1.807) is 17.0 Å². The summed E-state index contributed by atoms with van der Waals surface area (Å²) in [5.41, 5.74) is 1.49. The average molecular weight is 457 g/mol. The Kier molecular flexibility index (Phi) is 8.13. The van der Waals surface area contributed by atoms with E-state index in [0.717, 1.165) is 35.4 Å². The Labute approximate surface area is 191 Å². The van der Waals surface area contributed by atoms with Crippen LogP contribution in [-0.4, -0.2) is 53.5 Å². The summed E-state index contributed by atoms with van der Waals surface area (Å²) in [6, 6.07) is 11.9. The predicted octanol–water partition coefficient (Wildman–Crippen LogP) is 4.52. The molecule has 1 heterocycles. The number of fused-ring (bicyclic) bond motifs is 1. The number of non-ortho nitro benzene ring substituents is 1. The molecule has 0 bridgehead atoms. The first-order valence-corrected chi connectivity index (χ1v) is 11.6. The standard InChI is InChI=1S/C23H28N4O4S/c1-4-25(5-2)14-15-26(21(28)16-17-10-12-18(13-11-17)27(29)30)23-24-22-19(31-6-3)8-7-9-20(22)32-23/h7-13H,4-6,14-16H2,1-3H3. The monoisotopic (exact) mass is 456 g/mol. The van der Waals surface area contributed by atoms with Gasteiger partial charge in [0.05, 0.1) is 22.7 Å². The Morgan fingerprint density at radius 3 is 2.44 bits per heavy atom. The van der Waals surface area contributed by atoms with Gasteiger partial charge in [0.25, 0.3) is 5.69 Å². The maximum atomic E-state index is 13.3.